The molecule has 0 N–H and O–H groups in total. The van der Waals surface area contributed by atoms with E-state index < -0.39 is 28.3 Å². The van der Waals surface area contributed by atoms with E-state index in [4.69, 9.17) is 4.43 Å². The Morgan fingerprint density at radius 3 is 1.67 bits per heavy atom. The number of halogens is 3. The summed E-state index contributed by atoms with van der Waals surface area (Å²) in [4.78, 5) is 0. The lowest BCUT2D eigenvalue weighted by atomic mass is 10.2. The van der Waals surface area contributed by atoms with Crippen LogP contribution in [0.4, 0.5) is 13.2 Å². The second-order valence-corrected chi connectivity index (χ2v) is 16.6. The molecule has 108 valence electrons. The molecule has 0 unspecified atom stereocenters. The van der Waals surface area contributed by atoms with E-state index >= 15 is 0 Å². The van der Waals surface area contributed by atoms with Crippen LogP contribution in [0.3, 0.4) is 0 Å². The second-order valence-electron chi connectivity index (χ2n) is 6.74. The summed E-state index contributed by atoms with van der Waals surface area (Å²) in [7, 11) is -3.83. The summed E-state index contributed by atoms with van der Waals surface area (Å²) in [5.41, 5.74) is 0.434. The number of rotatable bonds is 5. The number of allylic oxidation sites excluding steroid dienone is 2. The predicted molar refractivity (Wildman–Crippen MR) is 76.0 cm³/mol. The topological polar surface area (TPSA) is 9.23 Å². The van der Waals surface area contributed by atoms with Gasteiger partial charge >= 0.3 is 6.18 Å². The lowest BCUT2D eigenvalue weighted by molar-refractivity contribution is -0.119. The van der Waals surface area contributed by atoms with Crippen molar-refractivity contribution in [1.82, 2.24) is 0 Å². The summed E-state index contributed by atoms with van der Waals surface area (Å²) in [6.07, 6.45) is -3.96. The lowest BCUT2D eigenvalue weighted by Crippen LogP contribution is -2.32. The predicted octanol–water partition coefficient (Wildman–Crippen LogP) is 5.40. The maximum atomic E-state index is 13.1. The van der Waals surface area contributed by atoms with E-state index in [1.54, 1.807) is 26.6 Å². The van der Waals surface area contributed by atoms with Gasteiger partial charge in [-0.15, -0.1) is 0 Å². The highest BCUT2D eigenvalue weighted by Crippen LogP contribution is 2.35. The third-order valence-corrected chi connectivity index (χ3v) is 4.46. The van der Waals surface area contributed by atoms with E-state index in [1.165, 1.54) is 0 Å². The quantitative estimate of drug-likeness (QED) is 0.487. The van der Waals surface area contributed by atoms with Crippen LogP contribution < -0.4 is 0 Å². The zero-order valence-corrected chi connectivity index (χ0v) is 14.5. The highest BCUT2D eigenvalue weighted by Gasteiger charge is 2.41. The number of alkyl halides is 3. The highest BCUT2D eigenvalue weighted by atomic mass is 28.4. The van der Waals surface area contributed by atoms with Gasteiger partial charge in [-0.05, 0) is 37.7 Å². The summed E-state index contributed by atoms with van der Waals surface area (Å²) < 4.78 is 44.7. The minimum Gasteiger partial charge on any atom is -0.541 e. The summed E-state index contributed by atoms with van der Waals surface area (Å²) in [5, 5.41) is 0. The summed E-state index contributed by atoms with van der Waals surface area (Å²) in [6.45, 7) is 13.3. The third kappa shape index (κ3) is 7.25. The van der Waals surface area contributed by atoms with Crippen LogP contribution in [0.1, 0.15) is 13.3 Å². The Labute approximate surface area is 111 Å². The maximum absolute atomic E-state index is 13.1. The fourth-order valence-electron chi connectivity index (χ4n) is 1.64. The Morgan fingerprint density at radius 1 is 1.00 bits per heavy atom. The second kappa shape index (κ2) is 5.82. The van der Waals surface area contributed by atoms with Gasteiger partial charge in [0.15, 0.2) is 5.76 Å². The number of hydrogen-bond donors (Lipinski definition) is 0. The molecule has 6 heteroatoms. The van der Waals surface area contributed by atoms with Crippen molar-refractivity contribution in [3.05, 3.63) is 11.3 Å². The summed E-state index contributed by atoms with van der Waals surface area (Å²) in [6, 6.07) is 0.544. The van der Waals surface area contributed by atoms with Crippen LogP contribution in [0.25, 0.3) is 0 Å². The van der Waals surface area contributed by atoms with Gasteiger partial charge in [0.1, 0.15) is 0 Å². The minimum absolute atomic E-state index is 0.406. The van der Waals surface area contributed by atoms with Crippen molar-refractivity contribution >= 4 is 16.4 Å². The average Bonchev–Trinajstić information content (AvgIpc) is 2.06. The van der Waals surface area contributed by atoms with Gasteiger partial charge in [-0.3, -0.25) is 0 Å². The molecule has 0 bridgehead atoms. The van der Waals surface area contributed by atoms with Gasteiger partial charge in [0.05, 0.1) is 0 Å². The molecule has 18 heavy (non-hydrogen) atoms. The third-order valence-electron chi connectivity index (χ3n) is 2.16. The van der Waals surface area contributed by atoms with E-state index in [1.807, 2.05) is 0 Å². The number of hydrogen-bond acceptors (Lipinski definition) is 1. The molecule has 0 heterocycles. The SMILES string of the molecule is CC/C(C[Si](C)(C)C)=C(/O[Si](C)(C)C)C(F)(F)F. The van der Waals surface area contributed by atoms with Crippen molar-refractivity contribution in [3.63, 3.8) is 0 Å². The molecule has 0 aromatic rings. The zero-order valence-electron chi connectivity index (χ0n) is 12.5. The van der Waals surface area contributed by atoms with E-state index in [-0.39, 0.29) is 0 Å². The fraction of sp³-hybridized carbons (Fsp3) is 0.833. The Kier molecular flexibility index (Phi) is 5.74. The molecule has 1 nitrogen and oxygen atoms in total. The van der Waals surface area contributed by atoms with Crippen molar-refractivity contribution in [2.24, 2.45) is 0 Å². The van der Waals surface area contributed by atoms with Gasteiger partial charge in [-0.2, -0.15) is 13.2 Å². The van der Waals surface area contributed by atoms with Crippen LogP contribution in [0.5, 0.6) is 0 Å². The first-order valence-corrected chi connectivity index (χ1v) is 13.4. The van der Waals surface area contributed by atoms with Crippen LogP contribution in [0.15, 0.2) is 11.3 Å². The van der Waals surface area contributed by atoms with Gasteiger partial charge in [0, 0.05) is 8.07 Å². The molecule has 0 saturated carbocycles. The largest absolute Gasteiger partial charge is 0.541 e. The fourth-order valence-corrected chi connectivity index (χ4v) is 4.21. The Morgan fingerprint density at radius 2 is 1.44 bits per heavy atom. The van der Waals surface area contributed by atoms with Crippen LogP contribution in [0.2, 0.25) is 45.3 Å². The normalized spacial score (nSPS) is 15.4. The van der Waals surface area contributed by atoms with Crippen LogP contribution in [-0.4, -0.2) is 22.6 Å². The average molecular weight is 298 g/mol. The molecule has 0 aliphatic rings. The maximum Gasteiger partial charge on any atom is 0.447 e. The van der Waals surface area contributed by atoms with Crippen LogP contribution >= 0.6 is 0 Å². The van der Waals surface area contributed by atoms with Crippen molar-refractivity contribution in [2.75, 3.05) is 0 Å². The molecule has 0 fully saturated rings. The van der Waals surface area contributed by atoms with Crippen molar-refractivity contribution in [3.8, 4) is 0 Å². The minimum atomic E-state index is -4.37. The van der Waals surface area contributed by atoms with Crippen LogP contribution in [-0.2, 0) is 4.43 Å². The lowest BCUT2D eigenvalue weighted by Gasteiger charge is -2.28. The van der Waals surface area contributed by atoms with E-state index in [2.05, 4.69) is 19.6 Å². The Hall–Kier alpha value is -0.236. The van der Waals surface area contributed by atoms with Crippen LogP contribution in [0, 0.1) is 0 Å². The van der Waals surface area contributed by atoms with E-state index in [0.29, 0.717) is 18.0 Å². The van der Waals surface area contributed by atoms with Crippen molar-refractivity contribution in [1.29, 1.82) is 0 Å². The van der Waals surface area contributed by atoms with Gasteiger partial charge in [0.2, 0.25) is 8.32 Å². The molecular formula is C12H25F3OSi2. The molecule has 0 aromatic carbocycles. The van der Waals surface area contributed by atoms with Gasteiger partial charge in [0.25, 0.3) is 0 Å². The Bertz CT molecular complexity index is 309. The summed E-state index contributed by atoms with van der Waals surface area (Å²) >= 11 is 0. The van der Waals surface area contributed by atoms with Gasteiger partial charge in [-0.1, -0.05) is 26.6 Å². The first-order chi connectivity index (χ1) is 7.76. The molecule has 0 aliphatic heterocycles. The first-order valence-electron chi connectivity index (χ1n) is 6.24. The molecular weight excluding hydrogens is 273 g/mol. The molecule has 0 amide bonds. The first kappa shape index (κ1) is 17.8. The smallest absolute Gasteiger partial charge is 0.447 e. The zero-order chi connectivity index (χ0) is 14.8. The van der Waals surface area contributed by atoms with Gasteiger partial charge in [-0.25, -0.2) is 0 Å². The molecule has 0 aromatic heterocycles. The molecule has 0 saturated heterocycles. The van der Waals surface area contributed by atoms with Crippen molar-refractivity contribution in [2.45, 2.75) is 64.8 Å². The molecule has 0 aliphatic carbocycles. The van der Waals surface area contributed by atoms with Crippen molar-refractivity contribution < 1.29 is 17.6 Å². The summed E-state index contributed by atoms with van der Waals surface area (Å²) in [5.74, 6) is -0.716. The van der Waals surface area contributed by atoms with E-state index in [0.717, 1.165) is 0 Å². The standard InChI is InChI=1S/C12H25F3OSi2/c1-8-10(9-17(2,3)4)11(12(13,14)15)16-18(5,6)7/h8-9H2,1-7H3/b11-10-. The molecule has 0 atom stereocenters. The highest BCUT2D eigenvalue weighted by molar-refractivity contribution is 6.76. The molecule has 0 spiro atoms. The monoisotopic (exact) mass is 298 g/mol. The Balaban J connectivity index is 5.48. The van der Waals surface area contributed by atoms with Gasteiger partial charge < -0.3 is 4.43 Å². The van der Waals surface area contributed by atoms with E-state index in [9.17, 15) is 13.2 Å². The molecule has 0 radical (unpaired) electrons. The molecule has 0 rings (SSSR count).